The fraction of sp³-hybridized carbons (Fsp3) is 0.556. The van der Waals surface area contributed by atoms with Crippen LogP contribution in [0.2, 0.25) is 0 Å². The summed E-state index contributed by atoms with van der Waals surface area (Å²) in [6.45, 7) is 7.14. The van der Waals surface area contributed by atoms with Crippen molar-refractivity contribution in [3.8, 4) is 0 Å². The molecule has 3 rings (SSSR count). The van der Waals surface area contributed by atoms with E-state index in [0.29, 0.717) is 6.04 Å². The third-order valence-electron chi connectivity index (χ3n) is 4.63. The average Bonchev–Trinajstić information content (AvgIpc) is 2.93. The molecule has 1 aliphatic rings. The van der Waals surface area contributed by atoms with Crippen LogP contribution >= 0.6 is 0 Å². The molecule has 21 heavy (non-hydrogen) atoms. The highest BCUT2D eigenvalue weighted by Gasteiger charge is 2.17. The Morgan fingerprint density at radius 1 is 1.24 bits per heavy atom. The van der Waals surface area contributed by atoms with Gasteiger partial charge in [0.25, 0.3) is 0 Å². The molecular formula is C18H27N3. The zero-order valence-electron chi connectivity index (χ0n) is 13.1. The number of nitrogens with one attached hydrogen (secondary N) is 2. The number of para-hydroxylation sites is 1. The molecule has 3 heteroatoms. The maximum absolute atomic E-state index is 3.75. The summed E-state index contributed by atoms with van der Waals surface area (Å²) in [5.41, 5.74) is 2.68. The topological polar surface area (TPSA) is 31.1 Å². The highest BCUT2D eigenvalue weighted by Crippen LogP contribution is 2.18. The molecule has 0 atom stereocenters. The van der Waals surface area contributed by atoms with Gasteiger partial charge in [0, 0.05) is 23.1 Å². The van der Waals surface area contributed by atoms with Crippen LogP contribution < -0.4 is 5.32 Å². The van der Waals surface area contributed by atoms with Crippen LogP contribution in [-0.4, -0.2) is 42.1 Å². The number of hydrogen-bond donors (Lipinski definition) is 2. The highest BCUT2D eigenvalue weighted by atomic mass is 15.1. The van der Waals surface area contributed by atoms with Gasteiger partial charge in [0.2, 0.25) is 0 Å². The molecule has 1 saturated heterocycles. The van der Waals surface area contributed by atoms with Crippen molar-refractivity contribution in [2.45, 2.75) is 38.6 Å². The van der Waals surface area contributed by atoms with Crippen LogP contribution in [0.3, 0.4) is 0 Å². The van der Waals surface area contributed by atoms with Gasteiger partial charge in [0.15, 0.2) is 0 Å². The number of nitrogens with zero attached hydrogens (tertiary/aromatic N) is 1. The minimum absolute atomic E-state index is 0.711. The van der Waals surface area contributed by atoms with E-state index in [1.54, 1.807) is 0 Å². The lowest BCUT2D eigenvalue weighted by molar-refractivity contribution is 0.198. The van der Waals surface area contributed by atoms with Gasteiger partial charge in [-0.25, -0.2) is 0 Å². The first-order chi connectivity index (χ1) is 10.4. The summed E-state index contributed by atoms with van der Waals surface area (Å²) in [6, 6.07) is 9.28. The molecule has 2 aromatic rings. The normalized spacial score (nSPS) is 17.6. The minimum Gasteiger partial charge on any atom is -0.361 e. The molecule has 114 valence electrons. The van der Waals surface area contributed by atoms with E-state index >= 15 is 0 Å². The van der Waals surface area contributed by atoms with Gasteiger partial charge in [-0.3, -0.25) is 0 Å². The monoisotopic (exact) mass is 285 g/mol. The van der Waals surface area contributed by atoms with E-state index in [2.05, 4.69) is 52.6 Å². The first-order valence-electron chi connectivity index (χ1n) is 8.37. The smallest absolute Gasteiger partial charge is 0.0456 e. The number of benzene rings is 1. The van der Waals surface area contributed by atoms with Crippen LogP contribution in [0.1, 0.15) is 31.7 Å². The van der Waals surface area contributed by atoms with Crippen molar-refractivity contribution >= 4 is 10.9 Å². The van der Waals surface area contributed by atoms with Gasteiger partial charge in [-0.05, 0) is 63.5 Å². The number of aromatic amines is 1. The van der Waals surface area contributed by atoms with Gasteiger partial charge in [-0.15, -0.1) is 0 Å². The van der Waals surface area contributed by atoms with E-state index < -0.39 is 0 Å². The highest BCUT2D eigenvalue weighted by molar-refractivity contribution is 5.83. The van der Waals surface area contributed by atoms with Crippen LogP contribution in [-0.2, 0) is 6.42 Å². The maximum Gasteiger partial charge on any atom is 0.0456 e. The van der Waals surface area contributed by atoms with Crippen molar-refractivity contribution in [2.24, 2.45) is 0 Å². The summed E-state index contributed by atoms with van der Waals surface area (Å²) in [7, 11) is 0. The van der Waals surface area contributed by atoms with Crippen molar-refractivity contribution in [2.75, 3.05) is 26.2 Å². The van der Waals surface area contributed by atoms with Crippen LogP contribution in [0, 0.1) is 0 Å². The average molecular weight is 285 g/mol. The maximum atomic E-state index is 3.75. The first-order valence-corrected chi connectivity index (χ1v) is 8.37. The molecule has 0 saturated carbocycles. The minimum atomic E-state index is 0.711. The molecule has 1 fully saturated rings. The number of rotatable bonds is 6. The van der Waals surface area contributed by atoms with E-state index in [9.17, 15) is 0 Å². The van der Waals surface area contributed by atoms with Gasteiger partial charge in [0.05, 0.1) is 0 Å². The second-order valence-electron chi connectivity index (χ2n) is 6.18. The molecule has 0 aliphatic carbocycles. The quantitative estimate of drug-likeness (QED) is 0.854. The lowest BCUT2D eigenvalue weighted by atomic mass is 10.0. The molecule has 0 spiro atoms. The van der Waals surface area contributed by atoms with Crippen LogP contribution in [0.5, 0.6) is 0 Å². The van der Waals surface area contributed by atoms with Gasteiger partial charge in [-0.1, -0.05) is 25.1 Å². The van der Waals surface area contributed by atoms with E-state index in [0.717, 1.165) is 13.0 Å². The second kappa shape index (κ2) is 7.10. The molecule has 1 aliphatic heterocycles. The number of piperidine rings is 1. The van der Waals surface area contributed by atoms with E-state index in [1.807, 2.05) is 0 Å². The molecule has 0 amide bonds. The summed E-state index contributed by atoms with van der Waals surface area (Å²) in [6.07, 6.45) is 7.15. The molecule has 0 unspecified atom stereocenters. The Balaban J connectivity index is 1.44. The molecule has 0 radical (unpaired) electrons. The Hall–Kier alpha value is -1.32. The summed E-state index contributed by atoms with van der Waals surface area (Å²) in [4.78, 5) is 5.96. The second-order valence-corrected chi connectivity index (χ2v) is 6.18. The molecule has 2 N–H and O–H groups in total. The van der Waals surface area contributed by atoms with Crippen molar-refractivity contribution in [1.29, 1.82) is 0 Å². The van der Waals surface area contributed by atoms with E-state index in [1.165, 1.54) is 55.4 Å². The number of aromatic nitrogens is 1. The van der Waals surface area contributed by atoms with Gasteiger partial charge in [-0.2, -0.15) is 0 Å². The Bertz CT molecular complexity index is 552. The Morgan fingerprint density at radius 2 is 2.05 bits per heavy atom. The van der Waals surface area contributed by atoms with Gasteiger partial charge in [0.1, 0.15) is 0 Å². The third kappa shape index (κ3) is 3.66. The van der Waals surface area contributed by atoms with Crippen molar-refractivity contribution in [3.63, 3.8) is 0 Å². The zero-order valence-corrected chi connectivity index (χ0v) is 13.1. The standard InChI is InChI=1S/C18H27N3/c1-2-11-21-12-8-16(9-13-21)19-10-7-15-14-20-18-6-4-3-5-17(15)18/h3-6,14,16,19-20H,2,7-13H2,1H3. The Morgan fingerprint density at radius 3 is 2.86 bits per heavy atom. The molecule has 2 heterocycles. The predicted octanol–water partition coefficient (Wildman–Crippen LogP) is 3.17. The Kier molecular flexibility index (Phi) is 4.94. The molecule has 1 aromatic heterocycles. The molecule has 0 bridgehead atoms. The Labute approximate surface area is 127 Å². The van der Waals surface area contributed by atoms with Gasteiger partial charge >= 0.3 is 0 Å². The van der Waals surface area contributed by atoms with Crippen molar-refractivity contribution in [3.05, 3.63) is 36.0 Å². The van der Waals surface area contributed by atoms with Gasteiger partial charge < -0.3 is 15.2 Å². The van der Waals surface area contributed by atoms with Crippen LogP contribution in [0.15, 0.2) is 30.5 Å². The molecule has 3 nitrogen and oxygen atoms in total. The first kappa shape index (κ1) is 14.6. The van der Waals surface area contributed by atoms with Crippen LogP contribution in [0.4, 0.5) is 0 Å². The summed E-state index contributed by atoms with van der Waals surface area (Å²) < 4.78 is 0. The van der Waals surface area contributed by atoms with E-state index in [4.69, 9.17) is 0 Å². The van der Waals surface area contributed by atoms with E-state index in [-0.39, 0.29) is 0 Å². The lowest BCUT2D eigenvalue weighted by Gasteiger charge is -2.32. The largest absolute Gasteiger partial charge is 0.361 e. The number of H-pyrrole nitrogens is 1. The summed E-state index contributed by atoms with van der Waals surface area (Å²) in [5, 5.41) is 5.12. The molecular weight excluding hydrogens is 258 g/mol. The zero-order chi connectivity index (χ0) is 14.5. The molecule has 1 aromatic carbocycles. The number of likely N-dealkylation sites (tertiary alicyclic amines) is 1. The lowest BCUT2D eigenvalue weighted by Crippen LogP contribution is -2.43. The summed E-state index contributed by atoms with van der Waals surface area (Å²) in [5.74, 6) is 0. The van der Waals surface area contributed by atoms with Crippen LogP contribution in [0.25, 0.3) is 10.9 Å². The van der Waals surface area contributed by atoms with Crippen molar-refractivity contribution < 1.29 is 0 Å². The fourth-order valence-electron chi connectivity index (χ4n) is 3.43. The number of fused-ring (bicyclic) bond motifs is 1. The SMILES string of the molecule is CCCN1CCC(NCCc2c[nH]c3ccccc23)CC1. The summed E-state index contributed by atoms with van der Waals surface area (Å²) >= 11 is 0. The predicted molar refractivity (Wildman–Crippen MR) is 89.8 cm³/mol. The number of hydrogen-bond acceptors (Lipinski definition) is 2. The van der Waals surface area contributed by atoms with Crippen molar-refractivity contribution in [1.82, 2.24) is 15.2 Å². The third-order valence-corrected chi connectivity index (χ3v) is 4.63. The fourth-order valence-corrected chi connectivity index (χ4v) is 3.43.